The number of rotatable bonds is 6. The molecule has 0 unspecified atom stereocenters. The second kappa shape index (κ2) is 8.00. The summed E-state index contributed by atoms with van der Waals surface area (Å²) in [5, 5.41) is 3.38. The van der Waals surface area contributed by atoms with Gasteiger partial charge in [0.2, 0.25) is 0 Å². The molecule has 1 aliphatic rings. The number of nitrogens with one attached hydrogen (secondary N) is 1. The molecule has 1 saturated heterocycles. The molecule has 0 aliphatic carbocycles. The summed E-state index contributed by atoms with van der Waals surface area (Å²) in [4.78, 5) is 2.58. The summed E-state index contributed by atoms with van der Waals surface area (Å²) in [5.41, 5.74) is 0. The lowest BCUT2D eigenvalue weighted by molar-refractivity contribution is 0.236. The molecule has 1 rings (SSSR count). The molecule has 0 spiro atoms. The SMILES string of the molecule is ICCCCCCN1CCNCC1. The lowest BCUT2D eigenvalue weighted by Gasteiger charge is -2.26. The molecule has 1 heterocycles. The number of hydrogen-bond acceptors (Lipinski definition) is 2. The minimum absolute atomic E-state index is 1.19. The van der Waals surface area contributed by atoms with Crippen LogP contribution in [0.1, 0.15) is 25.7 Å². The maximum absolute atomic E-state index is 3.38. The highest BCUT2D eigenvalue weighted by molar-refractivity contribution is 14.1. The minimum Gasteiger partial charge on any atom is -0.314 e. The highest BCUT2D eigenvalue weighted by Crippen LogP contribution is 2.04. The number of hydrogen-bond donors (Lipinski definition) is 1. The van der Waals surface area contributed by atoms with Crippen LogP contribution < -0.4 is 5.32 Å². The second-order valence-electron chi connectivity index (χ2n) is 3.69. The smallest absolute Gasteiger partial charge is 0.0107 e. The van der Waals surface area contributed by atoms with Crippen LogP contribution >= 0.6 is 22.6 Å². The fraction of sp³-hybridized carbons (Fsp3) is 1.00. The Morgan fingerprint density at radius 3 is 2.38 bits per heavy atom. The van der Waals surface area contributed by atoms with Gasteiger partial charge in [0.25, 0.3) is 0 Å². The number of unbranched alkanes of at least 4 members (excludes halogenated alkanes) is 3. The third kappa shape index (κ3) is 5.86. The van der Waals surface area contributed by atoms with Crippen molar-refractivity contribution in [3.63, 3.8) is 0 Å². The van der Waals surface area contributed by atoms with E-state index in [-0.39, 0.29) is 0 Å². The highest BCUT2D eigenvalue weighted by atomic mass is 127. The van der Waals surface area contributed by atoms with E-state index in [2.05, 4.69) is 32.8 Å². The molecule has 1 fully saturated rings. The van der Waals surface area contributed by atoms with Crippen molar-refractivity contribution in [3.8, 4) is 0 Å². The molecule has 1 aliphatic heterocycles. The molecule has 3 heteroatoms. The van der Waals surface area contributed by atoms with Gasteiger partial charge in [-0.15, -0.1) is 0 Å². The van der Waals surface area contributed by atoms with Crippen molar-refractivity contribution >= 4 is 22.6 Å². The normalized spacial score (nSPS) is 19.2. The standard InChI is InChI=1S/C10H21IN2/c11-5-3-1-2-4-8-13-9-6-12-7-10-13/h12H,1-10H2. The molecular formula is C10H21IN2. The Morgan fingerprint density at radius 1 is 1.00 bits per heavy atom. The number of nitrogens with zero attached hydrogens (tertiary/aromatic N) is 1. The molecule has 0 aromatic rings. The van der Waals surface area contributed by atoms with Gasteiger partial charge in [0, 0.05) is 26.2 Å². The molecule has 0 amide bonds. The van der Waals surface area contributed by atoms with Gasteiger partial charge >= 0.3 is 0 Å². The molecule has 13 heavy (non-hydrogen) atoms. The lowest BCUT2D eigenvalue weighted by atomic mass is 10.2. The predicted molar refractivity (Wildman–Crippen MR) is 66.7 cm³/mol. The zero-order valence-electron chi connectivity index (χ0n) is 8.40. The van der Waals surface area contributed by atoms with Crippen LogP contribution in [-0.4, -0.2) is 42.1 Å². The summed E-state index contributed by atoms with van der Waals surface area (Å²) in [7, 11) is 0. The molecule has 0 saturated carbocycles. The Kier molecular flexibility index (Phi) is 7.21. The lowest BCUT2D eigenvalue weighted by Crippen LogP contribution is -2.43. The molecule has 0 atom stereocenters. The molecule has 0 aromatic heterocycles. The topological polar surface area (TPSA) is 15.3 Å². The maximum Gasteiger partial charge on any atom is 0.0107 e. The first kappa shape index (κ1) is 11.7. The summed E-state index contributed by atoms with van der Waals surface area (Å²) >= 11 is 2.46. The van der Waals surface area contributed by atoms with E-state index in [1.54, 1.807) is 0 Å². The van der Waals surface area contributed by atoms with Crippen LogP contribution in [0, 0.1) is 0 Å². The van der Waals surface area contributed by atoms with Gasteiger partial charge < -0.3 is 10.2 Å². The molecule has 0 bridgehead atoms. The Bertz CT molecular complexity index is 113. The van der Waals surface area contributed by atoms with Crippen molar-refractivity contribution < 1.29 is 0 Å². The average molecular weight is 296 g/mol. The molecule has 78 valence electrons. The van der Waals surface area contributed by atoms with Crippen molar-refractivity contribution in [2.45, 2.75) is 25.7 Å². The minimum atomic E-state index is 1.19. The van der Waals surface area contributed by atoms with E-state index >= 15 is 0 Å². The zero-order chi connectivity index (χ0) is 9.36. The van der Waals surface area contributed by atoms with Gasteiger partial charge in [0.05, 0.1) is 0 Å². The summed E-state index contributed by atoms with van der Waals surface area (Å²) in [5.74, 6) is 0. The molecular weight excluding hydrogens is 275 g/mol. The maximum atomic E-state index is 3.38. The van der Waals surface area contributed by atoms with Gasteiger partial charge in [-0.1, -0.05) is 35.4 Å². The quantitative estimate of drug-likeness (QED) is 0.457. The first-order chi connectivity index (χ1) is 6.43. The first-order valence-electron chi connectivity index (χ1n) is 5.42. The Morgan fingerprint density at radius 2 is 1.69 bits per heavy atom. The Labute approximate surface area is 95.6 Å². The number of piperazine rings is 1. The monoisotopic (exact) mass is 296 g/mol. The fourth-order valence-electron chi connectivity index (χ4n) is 1.72. The van der Waals surface area contributed by atoms with Crippen LogP contribution in [0.2, 0.25) is 0 Å². The van der Waals surface area contributed by atoms with Crippen molar-refractivity contribution in [2.75, 3.05) is 37.2 Å². The van der Waals surface area contributed by atoms with E-state index in [1.807, 2.05) is 0 Å². The summed E-state index contributed by atoms with van der Waals surface area (Å²) in [6.45, 7) is 6.21. The third-order valence-electron chi connectivity index (χ3n) is 2.57. The van der Waals surface area contributed by atoms with Gasteiger partial charge in [0.1, 0.15) is 0 Å². The van der Waals surface area contributed by atoms with Crippen LogP contribution in [0.25, 0.3) is 0 Å². The van der Waals surface area contributed by atoms with Crippen LogP contribution in [-0.2, 0) is 0 Å². The van der Waals surface area contributed by atoms with Gasteiger partial charge in [-0.25, -0.2) is 0 Å². The second-order valence-corrected chi connectivity index (χ2v) is 4.77. The van der Waals surface area contributed by atoms with Crippen molar-refractivity contribution in [2.24, 2.45) is 0 Å². The van der Waals surface area contributed by atoms with Crippen molar-refractivity contribution in [1.82, 2.24) is 10.2 Å². The van der Waals surface area contributed by atoms with Crippen molar-refractivity contribution in [3.05, 3.63) is 0 Å². The number of halogens is 1. The van der Waals surface area contributed by atoms with Gasteiger partial charge in [0.15, 0.2) is 0 Å². The van der Waals surface area contributed by atoms with E-state index in [9.17, 15) is 0 Å². The van der Waals surface area contributed by atoms with Crippen LogP contribution in [0.15, 0.2) is 0 Å². The van der Waals surface area contributed by atoms with E-state index in [1.165, 1.54) is 62.8 Å². The first-order valence-corrected chi connectivity index (χ1v) is 6.95. The third-order valence-corrected chi connectivity index (χ3v) is 3.33. The molecule has 0 radical (unpaired) electrons. The van der Waals surface area contributed by atoms with Crippen molar-refractivity contribution in [1.29, 1.82) is 0 Å². The van der Waals surface area contributed by atoms with Crippen LogP contribution in [0.4, 0.5) is 0 Å². The summed E-state index contributed by atoms with van der Waals surface area (Å²) in [6, 6.07) is 0. The largest absolute Gasteiger partial charge is 0.314 e. The van der Waals surface area contributed by atoms with E-state index in [0.717, 1.165) is 0 Å². The fourth-order valence-corrected chi connectivity index (χ4v) is 2.26. The molecule has 2 nitrogen and oxygen atoms in total. The summed E-state index contributed by atoms with van der Waals surface area (Å²) in [6.07, 6.45) is 5.65. The molecule has 0 aromatic carbocycles. The van der Waals surface area contributed by atoms with Gasteiger partial charge in [-0.05, 0) is 23.8 Å². The average Bonchev–Trinajstić information content (AvgIpc) is 2.19. The molecule has 1 N–H and O–H groups in total. The summed E-state index contributed by atoms with van der Waals surface area (Å²) < 4.78 is 1.32. The highest BCUT2D eigenvalue weighted by Gasteiger charge is 2.07. The van der Waals surface area contributed by atoms with E-state index < -0.39 is 0 Å². The predicted octanol–water partition coefficient (Wildman–Crippen LogP) is 1.89. The Balaban J connectivity index is 1.86. The zero-order valence-corrected chi connectivity index (χ0v) is 10.6. The Hall–Kier alpha value is 0.650. The van der Waals surface area contributed by atoms with Crippen LogP contribution in [0.3, 0.4) is 0 Å². The van der Waals surface area contributed by atoms with Gasteiger partial charge in [-0.3, -0.25) is 0 Å². The number of alkyl halides is 1. The van der Waals surface area contributed by atoms with E-state index in [4.69, 9.17) is 0 Å². The van der Waals surface area contributed by atoms with E-state index in [0.29, 0.717) is 0 Å². The van der Waals surface area contributed by atoms with Gasteiger partial charge in [-0.2, -0.15) is 0 Å². The van der Waals surface area contributed by atoms with Crippen LogP contribution in [0.5, 0.6) is 0 Å².